The van der Waals surface area contributed by atoms with E-state index in [2.05, 4.69) is 5.32 Å². The SMILES string of the molecule is CCOc1ccc(Cl)cc1CNCCc1ccc(F)cc1.Cl. The Morgan fingerprint density at radius 2 is 1.86 bits per heavy atom. The average Bonchev–Trinajstić information content (AvgIpc) is 2.48. The lowest BCUT2D eigenvalue weighted by Gasteiger charge is -2.11. The third-order valence-electron chi connectivity index (χ3n) is 3.14. The van der Waals surface area contributed by atoms with Gasteiger partial charge in [-0.3, -0.25) is 0 Å². The van der Waals surface area contributed by atoms with Crippen LogP contribution in [-0.4, -0.2) is 13.2 Å². The number of nitrogens with one attached hydrogen (secondary N) is 1. The number of ether oxygens (including phenoxy) is 1. The van der Waals surface area contributed by atoms with Crippen molar-refractivity contribution in [3.63, 3.8) is 0 Å². The fourth-order valence-electron chi connectivity index (χ4n) is 2.09. The molecular formula is C17H20Cl2FNO. The molecule has 1 N–H and O–H groups in total. The van der Waals surface area contributed by atoms with Gasteiger partial charge in [0.1, 0.15) is 11.6 Å². The Hall–Kier alpha value is -1.29. The molecule has 0 aliphatic heterocycles. The first-order valence-corrected chi connectivity index (χ1v) is 7.43. The average molecular weight is 344 g/mol. The second kappa shape index (κ2) is 9.67. The highest BCUT2D eigenvalue weighted by molar-refractivity contribution is 6.30. The van der Waals surface area contributed by atoms with Crippen LogP contribution in [0.2, 0.25) is 5.02 Å². The molecule has 0 aliphatic carbocycles. The number of hydrogen-bond donors (Lipinski definition) is 1. The highest BCUT2D eigenvalue weighted by Crippen LogP contribution is 2.22. The second-order valence-corrected chi connectivity index (χ2v) is 5.17. The zero-order chi connectivity index (χ0) is 15.1. The van der Waals surface area contributed by atoms with E-state index in [4.69, 9.17) is 16.3 Å². The largest absolute Gasteiger partial charge is 0.494 e. The number of halogens is 3. The summed E-state index contributed by atoms with van der Waals surface area (Å²) in [4.78, 5) is 0. The quantitative estimate of drug-likeness (QED) is 0.740. The Balaban J connectivity index is 0.00000242. The van der Waals surface area contributed by atoms with Gasteiger partial charge in [-0.1, -0.05) is 23.7 Å². The van der Waals surface area contributed by atoms with E-state index in [1.807, 2.05) is 37.3 Å². The van der Waals surface area contributed by atoms with E-state index in [1.54, 1.807) is 0 Å². The summed E-state index contributed by atoms with van der Waals surface area (Å²) in [6, 6.07) is 12.2. The minimum Gasteiger partial charge on any atom is -0.494 e. The first-order chi connectivity index (χ1) is 10.2. The highest BCUT2D eigenvalue weighted by atomic mass is 35.5. The van der Waals surface area contributed by atoms with Gasteiger partial charge in [0.25, 0.3) is 0 Å². The molecule has 2 nitrogen and oxygen atoms in total. The molecule has 2 aromatic carbocycles. The molecule has 0 amide bonds. The summed E-state index contributed by atoms with van der Waals surface area (Å²) in [5.41, 5.74) is 2.16. The van der Waals surface area contributed by atoms with E-state index >= 15 is 0 Å². The smallest absolute Gasteiger partial charge is 0.123 e. The number of hydrogen-bond acceptors (Lipinski definition) is 2. The summed E-state index contributed by atoms with van der Waals surface area (Å²) < 4.78 is 18.4. The van der Waals surface area contributed by atoms with Crippen LogP contribution in [0.5, 0.6) is 5.75 Å². The van der Waals surface area contributed by atoms with Gasteiger partial charge in [-0.2, -0.15) is 0 Å². The molecule has 5 heteroatoms. The fraction of sp³-hybridized carbons (Fsp3) is 0.294. The van der Waals surface area contributed by atoms with Gasteiger partial charge >= 0.3 is 0 Å². The standard InChI is InChI=1S/C17H19ClFNO.ClH/c1-2-21-17-8-5-15(18)11-14(17)12-20-10-9-13-3-6-16(19)7-4-13;/h3-8,11,20H,2,9-10,12H2,1H3;1H. The molecule has 0 aliphatic rings. The molecule has 0 saturated carbocycles. The Morgan fingerprint density at radius 1 is 1.14 bits per heavy atom. The van der Waals surface area contributed by atoms with Crippen LogP contribution in [0.15, 0.2) is 42.5 Å². The summed E-state index contributed by atoms with van der Waals surface area (Å²) in [5, 5.41) is 4.06. The van der Waals surface area contributed by atoms with E-state index in [9.17, 15) is 4.39 Å². The van der Waals surface area contributed by atoms with Gasteiger partial charge in [-0.15, -0.1) is 12.4 Å². The summed E-state index contributed by atoms with van der Waals surface area (Å²) in [6.45, 7) is 4.09. The predicted octanol–water partition coefficient (Wildman–Crippen LogP) is 4.63. The van der Waals surface area contributed by atoms with Crippen LogP contribution in [-0.2, 0) is 13.0 Å². The van der Waals surface area contributed by atoms with Gasteiger partial charge in [0.05, 0.1) is 6.61 Å². The zero-order valence-corrected chi connectivity index (χ0v) is 14.0. The van der Waals surface area contributed by atoms with Crippen LogP contribution in [0.4, 0.5) is 4.39 Å². The van der Waals surface area contributed by atoms with Crippen molar-refractivity contribution in [1.29, 1.82) is 0 Å². The molecule has 0 bridgehead atoms. The Kier molecular flexibility index (Phi) is 8.25. The molecule has 0 unspecified atom stereocenters. The molecule has 0 heterocycles. The molecule has 0 spiro atoms. The van der Waals surface area contributed by atoms with Crippen molar-refractivity contribution in [3.8, 4) is 5.75 Å². The lowest BCUT2D eigenvalue weighted by atomic mass is 10.1. The second-order valence-electron chi connectivity index (χ2n) is 4.74. The monoisotopic (exact) mass is 343 g/mol. The van der Waals surface area contributed by atoms with Crippen LogP contribution in [0.3, 0.4) is 0 Å². The Labute approximate surface area is 142 Å². The van der Waals surface area contributed by atoms with Crippen LogP contribution in [0, 0.1) is 5.82 Å². The normalized spacial score (nSPS) is 10.1. The highest BCUT2D eigenvalue weighted by Gasteiger charge is 2.04. The zero-order valence-electron chi connectivity index (χ0n) is 12.4. The number of benzene rings is 2. The minimum absolute atomic E-state index is 0. The maximum absolute atomic E-state index is 12.8. The lowest BCUT2D eigenvalue weighted by molar-refractivity contribution is 0.335. The topological polar surface area (TPSA) is 21.3 Å². The van der Waals surface area contributed by atoms with E-state index in [0.29, 0.717) is 18.2 Å². The van der Waals surface area contributed by atoms with Crippen LogP contribution in [0.25, 0.3) is 0 Å². The molecule has 0 fully saturated rings. The van der Waals surface area contributed by atoms with Gasteiger partial charge in [0.2, 0.25) is 0 Å². The molecular weight excluding hydrogens is 324 g/mol. The molecule has 0 radical (unpaired) electrons. The third-order valence-corrected chi connectivity index (χ3v) is 3.38. The van der Waals surface area contributed by atoms with E-state index in [1.165, 1.54) is 12.1 Å². The maximum Gasteiger partial charge on any atom is 0.123 e. The van der Waals surface area contributed by atoms with Crippen molar-refractivity contribution in [1.82, 2.24) is 5.32 Å². The van der Waals surface area contributed by atoms with Crippen LogP contribution < -0.4 is 10.1 Å². The van der Waals surface area contributed by atoms with Crippen molar-refractivity contribution in [2.75, 3.05) is 13.2 Å². The van der Waals surface area contributed by atoms with Crippen molar-refractivity contribution in [2.24, 2.45) is 0 Å². The van der Waals surface area contributed by atoms with Gasteiger partial charge in [-0.25, -0.2) is 4.39 Å². The van der Waals surface area contributed by atoms with Crippen molar-refractivity contribution in [3.05, 3.63) is 64.4 Å². The van der Waals surface area contributed by atoms with Crippen LogP contribution >= 0.6 is 24.0 Å². The molecule has 0 atom stereocenters. The van der Waals surface area contributed by atoms with Gasteiger partial charge in [0, 0.05) is 17.1 Å². The van der Waals surface area contributed by atoms with Crippen molar-refractivity contribution >= 4 is 24.0 Å². The van der Waals surface area contributed by atoms with Crippen LogP contribution in [0.1, 0.15) is 18.1 Å². The summed E-state index contributed by atoms with van der Waals surface area (Å²) in [5.74, 6) is 0.656. The van der Waals surface area contributed by atoms with E-state index in [0.717, 1.165) is 29.8 Å². The summed E-state index contributed by atoms with van der Waals surface area (Å²) in [7, 11) is 0. The van der Waals surface area contributed by atoms with Gasteiger partial charge in [-0.05, 0) is 55.8 Å². The predicted molar refractivity (Wildman–Crippen MR) is 91.7 cm³/mol. The molecule has 22 heavy (non-hydrogen) atoms. The molecule has 0 saturated heterocycles. The maximum atomic E-state index is 12.8. The molecule has 2 rings (SSSR count). The van der Waals surface area contributed by atoms with Crippen molar-refractivity contribution in [2.45, 2.75) is 19.9 Å². The Bertz CT molecular complexity index is 575. The molecule has 0 aromatic heterocycles. The van der Waals surface area contributed by atoms with E-state index < -0.39 is 0 Å². The minimum atomic E-state index is -0.202. The fourth-order valence-corrected chi connectivity index (χ4v) is 2.28. The lowest BCUT2D eigenvalue weighted by Crippen LogP contribution is -2.17. The first kappa shape index (κ1) is 18.8. The van der Waals surface area contributed by atoms with Crippen molar-refractivity contribution < 1.29 is 9.13 Å². The Morgan fingerprint density at radius 3 is 2.55 bits per heavy atom. The first-order valence-electron chi connectivity index (χ1n) is 7.05. The molecule has 120 valence electrons. The summed E-state index contributed by atoms with van der Waals surface area (Å²) >= 11 is 6.02. The van der Waals surface area contributed by atoms with Gasteiger partial charge < -0.3 is 10.1 Å². The molecule has 2 aromatic rings. The number of rotatable bonds is 7. The van der Waals surface area contributed by atoms with E-state index in [-0.39, 0.29) is 18.2 Å². The van der Waals surface area contributed by atoms with Gasteiger partial charge in [0.15, 0.2) is 0 Å². The third kappa shape index (κ3) is 5.84. The summed E-state index contributed by atoms with van der Waals surface area (Å²) in [6.07, 6.45) is 0.852.